The summed E-state index contributed by atoms with van der Waals surface area (Å²) in [6.07, 6.45) is 1.15. The third-order valence-electron chi connectivity index (χ3n) is 3.04. The second-order valence-corrected chi connectivity index (χ2v) is 4.91. The molecule has 0 unspecified atom stereocenters. The van der Waals surface area contributed by atoms with Crippen LogP contribution < -0.4 is 0 Å². The molecule has 1 nitrogen and oxygen atoms in total. The van der Waals surface area contributed by atoms with E-state index in [-0.39, 0.29) is 11.0 Å². The molecule has 0 aromatic carbocycles. The van der Waals surface area contributed by atoms with Gasteiger partial charge in [0.1, 0.15) is 0 Å². The van der Waals surface area contributed by atoms with E-state index in [1.165, 1.54) is 0 Å². The predicted molar refractivity (Wildman–Crippen MR) is 56.7 cm³/mol. The lowest BCUT2D eigenvalue weighted by Crippen LogP contribution is -2.43. The molecular weight excluding hydrogens is 147 g/mol. The Balaban J connectivity index is 4.37. The van der Waals surface area contributed by atoms with E-state index in [1.807, 2.05) is 0 Å². The summed E-state index contributed by atoms with van der Waals surface area (Å²) in [7, 11) is 0. The van der Waals surface area contributed by atoms with Crippen molar-refractivity contribution in [2.75, 3.05) is 0 Å². The molecule has 0 radical (unpaired) electrons. The van der Waals surface area contributed by atoms with E-state index >= 15 is 0 Å². The maximum atomic E-state index is 5.89. The molecule has 12 heavy (non-hydrogen) atoms. The van der Waals surface area contributed by atoms with Crippen molar-refractivity contribution in [1.29, 1.82) is 0 Å². The van der Waals surface area contributed by atoms with Gasteiger partial charge in [0.05, 0.1) is 5.60 Å². The summed E-state index contributed by atoms with van der Waals surface area (Å²) in [5.74, 6) is 0. The van der Waals surface area contributed by atoms with E-state index in [0.717, 1.165) is 6.42 Å². The molecule has 72 valence electrons. The van der Waals surface area contributed by atoms with Crippen molar-refractivity contribution in [2.24, 2.45) is 5.41 Å². The standard InChI is InChI=1S/C10H23BO/c1-8-9(2,3)10(4,5)12-11(6)7/h8H2,1-7H3. The average molecular weight is 170 g/mol. The monoisotopic (exact) mass is 170 g/mol. The van der Waals surface area contributed by atoms with E-state index in [1.54, 1.807) is 0 Å². The van der Waals surface area contributed by atoms with Gasteiger partial charge >= 0.3 is 0 Å². The van der Waals surface area contributed by atoms with Crippen LogP contribution in [0.4, 0.5) is 0 Å². The maximum absolute atomic E-state index is 5.89. The molecule has 0 aliphatic carbocycles. The fraction of sp³-hybridized carbons (Fsp3) is 1.00. The first kappa shape index (κ1) is 12.0. The first-order chi connectivity index (χ1) is 5.23. The van der Waals surface area contributed by atoms with Gasteiger partial charge in [0.25, 0.3) is 6.92 Å². The quantitative estimate of drug-likeness (QED) is 0.587. The second-order valence-electron chi connectivity index (χ2n) is 4.91. The minimum Gasteiger partial charge on any atom is -0.431 e. The molecule has 0 bridgehead atoms. The molecule has 0 spiro atoms. The summed E-state index contributed by atoms with van der Waals surface area (Å²) >= 11 is 0. The number of rotatable bonds is 4. The zero-order valence-electron chi connectivity index (χ0n) is 9.69. The van der Waals surface area contributed by atoms with Gasteiger partial charge in [0.2, 0.25) is 0 Å². The van der Waals surface area contributed by atoms with Crippen LogP contribution in [0.1, 0.15) is 41.0 Å². The summed E-state index contributed by atoms with van der Waals surface area (Å²) in [5, 5.41) is 0. The van der Waals surface area contributed by atoms with Crippen LogP contribution in [0.5, 0.6) is 0 Å². The second kappa shape index (κ2) is 3.82. The molecule has 0 N–H and O–H groups in total. The Labute approximate surface area is 78.0 Å². The van der Waals surface area contributed by atoms with Crippen molar-refractivity contribution < 1.29 is 4.65 Å². The van der Waals surface area contributed by atoms with Crippen LogP contribution >= 0.6 is 0 Å². The third-order valence-corrected chi connectivity index (χ3v) is 3.04. The van der Waals surface area contributed by atoms with Crippen LogP contribution in [0.3, 0.4) is 0 Å². The Kier molecular flexibility index (Phi) is 3.83. The fourth-order valence-electron chi connectivity index (χ4n) is 1.17. The highest BCUT2D eigenvalue weighted by atomic mass is 16.5. The molecule has 2 heteroatoms. The van der Waals surface area contributed by atoms with Gasteiger partial charge in [-0.05, 0) is 25.7 Å². The Morgan fingerprint density at radius 1 is 1.08 bits per heavy atom. The summed E-state index contributed by atoms with van der Waals surface area (Å²) in [5.41, 5.74) is 0.215. The van der Waals surface area contributed by atoms with Gasteiger partial charge in [-0.15, -0.1) is 0 Å². The summed E-state index contributed by atoms with van der Waals surface area (Å²) in [4.78, 5) is 0. The van der Waals surface area contributed by atoms with Gasteiger partial charge in [-0.1, -0.05) is 34.4 Å². The van der Waals surface area contributed by atoms with E-state index in [0.29, 0.717) is 6.92 Å². The molecule has 0 aliphatic heterocycles. The van der Waals surface area contributed by atoms with Gasteiger partial charge in [-0.25, -0.2) is 0 Å². The zero-order valence-corrected chi connectivity index (χ0v) is 9.69. The topological polar surface area (TPSA) is 9.23 Å². The number of hydrogen-bond donors (Lipinski definition) is 0. The molecular formula is C10H23BO. The molecule has 0 saturated heterocycles. The van der Waals surface area contributed by atoms with Crippen molar-refractivity contribution in [3.63, 3.8) is 0 Å². The van der Waals surface area contributed by atoms with Crippen LogP contribution in [0.25, 0.3) is 0 Å². The van der Waals surface area contributed by atoms with Crippen molar-refractivity contribution in [3.8, 4) is 0 Å². The van der Waals surface area contributed by atoms with Crippen molar-refractivity contribution >= 4 is 6.92 Å². The first-order valence-electron chi connectivity index (χ1n) is 4.91. The Hall–Kier alpha value is 0.0249. The molecule has 0 fully saturated rings. The average Bonchev–Trinajstić information content (AvgIpc) is 1.84. The summed E-state index contributed by atoms with van der Waals surface area (Å²) in [6.45, 7) is 15.6. The van der Waals surface area contributed by atoms with Gasteiger partial charge in [0.15, 0.2) is 0 Å². The molecule has 0 saturated carbocycles. The van der Waals surface area contributed by atoms with E-state index in [9.17, 15) is 0 Å². The van der Waals surface area contributed by atoms with E-state index in [4.69, 9.17) is 4.65 Å². The molecule has 0 heterocycles. The lowest BCUT2D eigenvalue weighted by Gasteiger charge is -2.42. The first-order valence-corrected chi connectivity index (χ1v) is 4.91. The number of hydrogen-bond acceptors (Lipinski definition) is 1. The highest BCUT2D eigenvalue weighted by Crippen LogP contribution is 2.36. The third kappa shape index (κ3) is 2.82. The van der Waals surface area contributed by atoms with Crippen LogP contribution in [0, 0.1) is 5.41 Å². The largest absolute Gasteiger partial charge is 0.431 e. The Morgan fingerprint density at radius 3 is 1.75 bits per heavy atom. The normalized spacial score (nSPS) is 13.2. The molecule has 0 aromatic heterocycles. The minimum atomic E-state index is -0.0318. The van der Waals surface area contributed by atoms with Crippen LogP contribution in [0.15, 0.2) is 0 Å². The van der Waals surface area contributed by atoms with Crippen LogP contribution in [0.2, 0.25) is 13.6 Å². The SMILES string of the molecule is CCC(C)(C)C(C)(C)OB(C)C. The van der Waals surface area contributed by atoms with Crippen molar-refractivity contribution in [2.45, 2.75) is 60.3 Å². The maximum Gasteiger partial charge on any atom is 0.287 e. The van der Waals surface area contributed by atoms with Gasteiger partial charge in [-0.3, -0.25) is 0 Å². The van der Waals surface area contributed by atoms with Crippen molar-refractivity contribution in [3.05, 3.63) is 0 Å². The minimum absolute atomic E-state index is 0.0318. The zero-order chi connectivity index (χ0) is 9.99. The van der Waals surface area contributed by atoms with Crippen LogP contribution in [-0.2, 0) is 4.65 Å². The van der Waals surface area contributed by atoms with E-state index in [2.05, 4.69) is 48.3 Å². The lowest BCUT2D eigenvalue weighted by atomic mass is 9.69. The Bertz CT molecular complexity index is 139. The highest BCUT2D eigenvalue weighted by Gasteiger charge is 2.36. The Morgan fingerprint density at radius 2 is 1.50 bits per heavy atom. The van der Waals surface area contributed by atoms with E-state index < -0.39 is 0 Å². The molecule has 0 rings (SSSR count). The predicted octanol–water partition coefficient (Wildman–Crippen LogP) is 3.47. The van der Waals surface area contributed by atoms with Gasteiger partial charge in [-0.2, -0.15) is 0 Å². The lowest BCUT2D eigenvalue weighted by molar-refractivity contribution is -0.0147. The molecule has 0 atom stereocenters. The van der Waals surface area contributed by atoms with Gasteiger partial charge in [0, 0.05) is 0 Å². The summed E-state index contributed by atoms with van der Waals surface area (Å²) < 4.78 is 5.89. The molecule has 0 aromatic rings. The highest BCUT2D eigenvalue weighted by molar-refractivity contribution is 6.48. The van der Waals surface area contributed by atoms with Crippen LogP contribution in [-0.4, -0.2) is 12.5 Å². The van der Waals surface area contributed by atoms with Crippen molar-refractivity contribution in [1.82, 2.24) is 0 Å². The molecule has 0 amide bonds. The summed E-state index contributed by atoms with van der Waals surface area (Å²) in [6, 6.07) is 0. The molecule has 0 aliphatic rings. The smallest absolute Gasteiger partial charge is 0.287 e. The fourth-order valence-corrected chi connectivity index (χ4v) is 1.17. The van der Waals surface area contributed by atoms with Gasteiger partial charge < -0.3 is 4.65 Å².